The minimum Gasteiger partial charge on any atom is -0.480 e. The van der Waals surface area contributed by atoms with Crippen molar-refractivity contribution < 1.29 is 19.5 Å². The summed E-state index contributed by atoms with van der Waals surface area (Å²) in [6, 6.07) is 16.3. The largest absolute Gasteiger partial charge is 0.480 e. The molecule has 6 heteroatoms. The van der Waals surface area contributed by atoms with Crippen molar-refractivity contribution in [1.29, 1.82) is 0 Å². The zero-order valence-electron chi connectivity index (χ0n) is 14.5. The first-order valence-corrected chi connectivity index (χ1v) is 8.40. The number of aliphatic carboxylic acids is 1. The van der Waals surface area contributed by atoms with Gasteiger partial charge in [0.15, 0.2) is 0 Å². The van der Waals surface area contributed by atoms with Gasteiger partial charge in [0.2, 0.25) is 5.91 Å². The minimum atomic E-state index is -1.13. The molecule has 2 aromatic rings. The van der Waals surface area contributed by atoms with E-state index >= 15 is 0 Å². The van der Waals surface area contributed by atoms with Gasteiger partial charge in [-0.05, 0) is 37.5 Å². The number of carbonyl (C=O) groups excluding carboxylic acids is 2. The first-order valence-electron chi connectivity index (χ1n) is 8.40. The second-order valence-corrected chi connectivity index (χ2v) is 5.98. The Hall–Kier alpha value is -3.15. The van der Waals surface area contributed by atoms with E-state index in [0.29, 0.717) is 18.4 Å². The van der Waals surface area contributed by atoms with E-state index in [0.717, 1.165) is 5.56 Å². The van der Waals surface area contributed by atoms with Gasteiger partial charge in [-0.25, -0.2) is 0 Å². The molecule has 2 unspecified atom stereocenters. The maximum absolute atomic E-state index is 12.5. The molecule has 0 saturated heterocycles. The number of benzene rings is 2. The highest BCUT2D eigenvalue weighted by atomic mass is 16.4. The monoisotopic (exact) mass is 354 g/mol. The maximum Gasteiger partial charge on any atom is 0.325 e. The zero-order chi connectivity index (χ0) is 18.9. The summed E-state index contributed by atoms with van der Waals surface area (Å²) < 4.78 is 0. The number of carboxylic acids is 1. The fraction of sp³-hybridized carbons (Fsp3) is 0.250. The molecule has 0 aromatic heterocycles. The van der Waals surface area contributed by atoms with Crippen LogP contribution in [0.15, 0.2) is 60.7 Å². The van der Waals surface area contributed by atoms with Gasteiger partial charge >= 0.3 is 5.97 Å². The van der Waals surface area contributed by atoms with Gasteiger partial charge in [0, 0.05) is 5.56 Å². The van der Waals surface area contributed by atoms with Crippen LogP contribution in [-0.2, 0) is 16.0 Å². The van der Waals surface area contributed by atoms with Gasteiger partial charge in [-0.3, -0.25) is 14.4 Å². The molecule has 0 bridgehead atoms. The Balaban J connectivity index is 2.08. The molecule has 2 rings (SSSR count). The van der Waals surface area contributed by atoms with Crippen molar-refractivity contribution in [1.82, 2.24) is 10.6 Å². The fourth-order valence-corrected chi connectivity index (χ4v) is 2.43. The van der Waals surface area contributed by atoms with Crippen LogP contribution < -0.4 is 10.6 Å². The number of amides is 2. The quantitative estimate of drug-likeness (QED) is 0.676. The first-order chi connectivity index (χ1) is 12.5. The molecule has 0 heterocycles. The third-order valence-corrected chi connectivity index (χ3v) is 3.95. The van der Waals surface area contributed by atoms with Gasteiger partial charge < -0.3 is 15.7 Å². The predicted molar refractivity (Wildman–Crippen MR) is 97.7 cm³/mol. The van der Waals surface area contributed by atoms with E-state index in [-0.39, 0.29) is 5.91 Å². The van der Waals surface area contributed by atoms with Crippen LogP contribution in [-0.4, -0.2) is 35.0 Å². The van der Waals surface area contributed by atoms with Crippen LogP contribution in [0.3, 0.4) is 0 Å². The van der Waals surface area contributed by atoms with Gasteiger partial charge in [-0.15, -0.1) is 0 Å². The molecule has 0 radical (unpaired) electrons. The molecule has 2 amide bonds. The molecule has 0 saturated carbocycles. The third kappa shape index (κ3) is 5.73. The van der Waals surface area contributed by atoms with Crippen LogP contribution in [0.4, 0.5) is 0 Å². The second-order valence-electron chi connectivity index (χ2n) is 5.98. The summed E-state index contributed by atoms with van der Waals surface area (Å²) in [4.78, 5) is 35.8. The molecule has 0 aliphatic rings. The highest BCUT2D eigenvalue weighted by molar-refractivity contribution is 5.98. The first kappa shape index (κ1) is 19.2. The molecule has 26 heavy (non-hydrogen) atoms. The molecule has 0 aliphatic carbocycles. The number of carboxylic acid groups (broad SMARTS) is 1. The van der Waals surface area contributed by atoms with Gasteiger partial charge in [0.25, 0.3) is 5.91 Å². The Bertz CT molecular complexity index is 747. The van der Waals surface area contributed by atoms with E-state index in [4.69, 9.17) is 5.11 Å². The van der Waals surface area contributed by atoms with Crippen LogP contribution in [0.25, 0.3) is 0 Å². The lowest BCUT2D eigenvalue weighted by Gasteiger charge is -2.20. The molecular weight excluding hydrogens is 332 g/mol. The summed E-state index contributed by atoms with van der Waals surface area (Å²) in [7, 11) is 0. The summed E-state index contributed by atoms with van der Waals surface area (Å²) in [5.41, 5.74) is 1.47. The lowest BCUT2D eigenvalue weighted by molar-refractivity contribution is -0.141. The Morgan fingerprint density at radius 3 is 2.08 bits per heavy atom. The highest BCUT2D eigenvalue weighted by Gasteiger charge is 2.24. The third-order valence-electron chi connectivity index (χ3n) is 3.95. The zero-order valence-corrected chi connectivity index (χ0v) is 14.5. The van der Waals surface area contributed by atoms with Crippen molar-refractivity contribution in [3.05, 3.63) is 71.8 Å². The number of aryl methyl sites for hydroxylation is 1. The number of hydrogen-bond acceptors (Lipinski definition) is 3. The summed E-state index contributed by atoms with van der Waals surface area (Å²) >= 11 is 0. The number of hydrogen-bond donors (Lipinski definition) is 3. The Morgan fingerprint density at radius 2 is 1.50 bits per heavy atom. The number of nitrogens with one attached hydrogen (secondary N) is 2. The Morgan fingerprint density at radius 1 is 0.923 bits per heavy atom. The summed E-state index contributed by atoms with van der Waals surface area (Å²) in [5.74, 6) is -2.02. The maximum atomic E-state index is 12.5. The van der Waals surface area contributed by atoms with Crippen LogP contribution in [0.2, 0.25) is 0 Å². The fourth-order valence-electron chi connectivity index (χ4n) is 2.43. The summed E-state index contributed by atoms with van der Waals surface area (Å²) in [6.07, 6.45) is 0.941. The number of rotatable bonds is 8. The molecule has 0 aliphatic heterocycles. The van der Waals surface area contributed by atoms with E-state index in [9.17, 15) is 14.4 Å². The normalized spacial score (nSPS) is 12.7. The minimum absolute atomic E-state index is 0.362. The molecule has 0 fully saturated rings. The lowest BCUT2D eigenvalue weighted by Crippen LogP contribution is -2.51. The summed E-state index contributed by atoms with van der Waals surface area (Å²) in [5, 5.41) is 14.1. The van der Waals surface area contributed by atoms with Crippen molar-refractivity contribution in [3.8, 4) is 0 Å². The van der Waals surface area contributed by atoms with Crippen LogP contribution in [0.5, 0.6) is 0 Å². The van der Waals surface area contributed by atoms with E-state index in [1.54, 1.807) is 30.3 Å². The Labute approximate surface area is 152 Å². The van der Waals surface area contributed by atoms with Crippen molar-refractivity contribution in [2.45, 2.75) is 31.8 Å². The molecule has 0 spiro atoms. The predicted octanol–water partition coefficient (Wildman–Crippen LogP) is 2.01. The lowest BCUT2D eigenvalue weighted by atomic mass is 10.0. The average molecular weight is 354 g/mol. The number of carbonyl (C=O) groups is 3. The van der Waals surface area contributed by atoms with Crippen molar-refractivity contribution >= 4 is 17.8 Å². The van der Waals surface area contributed by atoms with Gasteiger partial charge in [-0.2, -0.15) is 0 Å². The van der Waals surface area contributed by atoms with Gasteiger partial charge in [0.05, 0.1) is 0 Å². The van der Waals surface area contributed by atoms with E-state index in [2.05, 4.69) is 10.6 Å². The van der Waals surface area contributed by atoms with E-state index < -0.39 is 24.0 Å². The van der Waals surface area contributed by atoms with Crippen molar-refractivity contribution in [2.75, 3.05) is 0 Å². The van der Waals surface area contributed by atoms with Crippen LogP contribution in [0.1, 0.15) is 29.3 Å². The smallest absolute Gasteiger partial charge is 0.325 e. The van der Waals surface area contributed by atoms with E-state index in [1.165, 1.54) is 6.92 Å². The highest BCUT2D eigenvalue weighted by Crippen LogP contribution is 2.07. The van der Waals surface area contributed by atoms with Crippen molar-refractivity contribution in [2.24, 2.45) is 0 Å². The SMILES string of the molecule is CC(NC(=O)C(CCc1ccccc1)NC(=O)c1ccccc1)C(=O)O. The molecule has 2 atom stereocenters. The van der Waals surface area contributed by atoms with E-state index in [1.807, 2.05) is 30.3 Å². The molecular formula is C20H22N2O4. The van der Waals surface area contributed by atoms with Gasteiger partial charge in [-0.1, -0.05) is 48.5 Å². The Kier molecular flexibility index (Phi) is 6.91. The van der Waals surface area contributed by atoms with Crippen molar-refractivity contribution in [3.63, 3.8) is 0 Å². The van der Waals surface area contributed by atoms with Crippen LogP contribution >= 0.6 is 0 Å². The van der Waals surface area contributed by atoms with Gasteiger partial charge in [0.1, 0.15) is 12.1 Å². The summed E-state index contributed by atoms with van der Waals surface area (Å²) in [6.45, 7) is 1.38. The molecule has 6 nitrogen and oxygen atoms in total. The average Bonchev–Trinajstić information content (AvgIpc) is 2.66. The van der Waals surface area contributed by atoms with Crippen LogP contribution in [0, 0.1) is 0 Å². The molecule has 136 valence electrons. The molecule has 2 aromatic carbocycles. The standard InChI is InChI=1S/C20H22N2O4/c1-14(20(25)26)21-19(24)17(13-12-15-8-4-2-5-9-15)22-18(23)16-10-6-3-7-11-16/h2-11,14,17H,12-13H2,1H3,(H,21,24)(H,22,23)(H,25,26). The topological polar surface area (TPSA) is 95.5 Å². The second kappa shape index (κ2) is 9.36. The molecule has 3 N–H and O–H groups in total.